The van der Waals surface area contributed by atoms with Gasteiger partial charge in [-0.15, -0.1) is 11.8 Å². The summed E-state index contributed by atoms with van der Waals surface area (Å²) in [6.07, 6.45) is 3.69. The molecule has 1 aliphatic rings. The molecule has 1 amide bonds. The molecule has 9 heteroatoms. The molecule has 1 saturated heterocycles. The van der Waals surface area contributed by atoms with Crippen LogP contribution in [0, 0.1) is 12.7 Å². The number of benzene rings is 3. The largest absolute Gasteiger partial charge is 0.379 e. The molecule has 7 nitrogen and oxygen atoms in total. The molecule has 0 bridgehead atoms. The lowest BCUT2D eigenvalue weighted by atomic mass is 10.1. The second-order valence-electron chi connectivity index (χ2n) is 9.31. The standard InChI is InChI=1S/C30H30FN5O2S/c1-20-3-4-21(19-36-13-15-38-16-14-36)17-26(20)34-29(37)23-7-11-25(12-8-23)33-30-32-18-27(39-2)28(35-30)22-5-9-24(31)10-6-22/h3-12,17-18H,13-16,19H2,1-2H3,(H,34,37)(H,32,33,35). The Balaban J connectivity index is 1.26. The summed E-state index contributed by atoms with van der Waals surface area (Å²) in [6.45, 7) is 6.15. The number of ether oxygens (including phenoxy) is 1. The van der Waals surface area contributed by atoms with Crippen molar-refractivity contribution >= 4 is 35.0 Å². The molecule has 5 rings (SSSR count). The van der Waals surface area contributed by atoms with E-state index in [-0.39, 0.29) is 11.7 Å². The monoisotopic (exact) mass is 543 g/mol. The van der Waals surface area contributed by atoms with Gasteiger partial charge in [-0.05, 0) is 78.9 Å². The number of carbonyl (C=O) groups excluding carboxylic acids is 1. The molecule has 39 heavy (non-hydrogen) atoms. The van der Waals surface area contributed by atoms with E-state index in [0.717, 1.165) is 71.5 Å². The van der Waals surface area contributed by atoms with Gasteiger partial charge in [-0.2, -0.15) is 0 Å². The zero-order valence-corrected chi connectivity index (χ0v) is 22.7. The van der Waals surface area contributed by atoms with Gasteiger partial charge in [-0.3, -0.25) is 9.69 Å². The number of nitrogens with zero attached hydrogens (tertiary/aromatic N) is 3. The van der Waals surface area contributed by atoms with E-state index in [4.69, 9.17) is 4.74 Å². The number of halogens is 1. The van der Waals surface area contributed by atoms with Crippen molar-refractivity contribution in [2.24, 2.45) is 0 Å². The Morgan fingerprint density at radius 3 is 2.51 bits per heavy atom. The summed E-state index contributed by atoms with van der Waals surface area (Å²) in [6, 6.07) is 19.6. The molecule has 0 atom stereocenters. The summed E-state index contributed by atoms with van der Waals surface area (Å²) in [5.74, 6) is -0.0544. The summed E-state index contributed by atoms with van der Waals surface area (Å²) in [4.78, 5) is 25.3. The van der Waals surface area contributed by atoms with Gasteiger partial charge in [0.1, 0.15) is 5.82 Å². The van der Waals surface area contributed by atoms with Crippen molar-refractivity contribution in [2.45, 2.75) is 18.4 Å². The van der Waals surface area contributed by atoms with Gasteiger partial charge in [0.2, 0.25) is 5.95 Å². The number of thioether (sulfide) groups is 1. The van der Waals surface area contributed by atoms with Crippen molar-refractivity contribution in [1.82, 2.24) is 14.9 Å². The van der Waals surface area contributed by atoms with Crippen molar-refractivity contribution in [3.63, 3.8) is 0 Å². The molecule has 0 radical (unpaired) electrons. The highest BCUT2D eigenvalue weighted by Crippen LogP contribution is 2.29. The number of anilines is 3. The van der Waals surface area contributed by atoms with Gasteiger partial charge in [-0.1, -0.05) is 12.1 Å². The first-order chi connectivity index (χ1) is 19.0. The topological polar surface area (TPSA) is 79.4 Å². The van der Waals surface area contributed by atoms with Gasteiger partial charge in [0, 0.05) is 48.3 Å². The number of aromatic nitrogens is 2. The molecule has 0 spiro atoms. The Morgan fingerprint density at radius 1 is 1.05 bits per heavy atom. The summed E-state index contributed by atoms with van der Waals surface area (Å²) in [5, 5.41) is 6.26. The lowest BCUT2D eigenvalue weighted by Gasteiger charge is -2.26. The lowest BCUT2D eigenvalue weighted by Crippen LogP contribution is -2.35. The number of hydrogen-bond acceptors (Lipinski definition) is 7. The van der Waals surface area contributed by atoms with Crippen LogP contribution in [0.25, 0.3) is 11.3 Å². The second kappa shape index (κ2) is 12.4. The molecule has 0 unspecified atom stereocenters. The summed E-state index contributed by atoms with van der Waals surface area (Å²) >= 11 is 1.53. The molecule has 200 valence electrons. The minimum absolute atomic E-state index is 0.174. The van der Waals surface area contributed by atoms with Gasteiger partial charge >= 0.3 is 0 Å². The number of aryl methyl sites for hydroxylation is 1. The van der Waals surface area contributed by atoms with Crippen LogP contribution in [-0.4, -0.2) is 53.3 Å². The van der Waals surface area contributed by atoms with Crippen molar-refractivity contribution in [2.75, 3.05) is 43.2 Å². The van der Waals surface area contributed by atoms with E-state index in [9.17, 15) is 9.18 Å². The summed E-state index contributed by atoms with van der Waals surface area (Å²) in [5.41, 5.74) is 5.80. The fourth-order valence-corrected chi connectivity index (χ4v) is 4.86. The highest BCUT2D eigenvalue weighted by atomic mass is 32.2. The normalized spacial score (nSPS) is 13.7. The lowest BCUT2D eigenvalue weighted by molar-refractivity contribution is 0.0342. The number of hydrogen-bond donors (Lipinski definition) is 2. The highest BCUT2D eigenvalue weighted by Gasteiger charge is 2.14. The number of nitrogens with one attached hydrogen (secondary N) is 2. The predicted molar refractivity (Wildman–Crippen MR) is 154 cm³/mol. The number of amides is 1. The summed E-state index contributed by atoms with van der Waals surface area (Å²) in [7, 11) is 0. The Labute approximate surface area is 231 Å². The third kappa shape index (κ3) is 6.81. The van der Waals surface area contributed by atoms with Gasteiger partial charge in [0.05, 0.1) is 23.8 Å². The number of rotatable bonds is 8. The van der Waals surface area contributed by atoms with E-state index < -0.39 is 0 Å². The SMILES string of the molecule is CSc1cnc(Nc2ccc(C(=O)Nc3cc(CN4CCOCC4)ccc3C)cc2)nc1-c1ccc(F)cc1. The average Bonchev–Trinajstić information content (AvgIpc) is 2.96. The van der Waals surface area contributed by atoms with Crippen LogP contribution < -0.4 is 10.6 Å². The third-order valence-electron chi connectivity index (χ3n) is 6.56. The molecule has 2 N–H and O–H groups in total. The Bertz CT molecular complexity index is 1440. The van der Waals surface area contributed by atoms with Gasteiger partial charge in [-0.25, -0.2) is 14.4 Å². The quantitative estimate of drug-likeness (QED) is 0.258. The minimum Gasteiger partial charge on any atom is -0.379 e. The number of carbonyl (C=O) groups is 1. The molecule has 3 aromatic carbocycles. The Hall–Kier alpha value is -3.79. The van der Waals surface area contributed by atoms with Crippen LogP contribution in [0.3, 0.4) is 0 Å². The third-order valence-corrected chi connectivity index (χ3v) is 7.29. The fourth-order valence-electron chi connectivity index (χ4n) is 4.34. The molecule has 1 fully saturated rings. The molecule has 0 aliphatic carbocycles. The van der Waals surface area contributed by atoms with E-state index in [2.05, 4.69) is 31.6 Å². The van der Waals surface area contributed by atoms with Crippen LogP contribution in [0.5, 0.6) is 0 Å². The Kier molecular flexibility index (Phi) is 8.51. The minimum atomic E-state index is -0.295. The van der Waals surface area contributed by atoms with Crippen molar-refractivity contribution in [3.8, 4) is 11.3 Å². The van der Waals surface area contributed by atoms with E-state index in [1.807, 2.05) is 37.4 Å². The van der Waals surface area contributed by atoms with Crippen LogP contribution in [0.15, 0.2) is 77.8 Å². The molecule has 1 aromatic heterocycles. The molecule has 4 aromatic rings. The molecule has 2 heterocycles. The van der Waals surface area contributed by atoms with Crippen molar-refractivity contribution < 1.29 is 13.9 Å². The van der Waals surface area contributed by atoms with Gasteiger partial charge in [0.15, 0.2) is 0 Å². The van der Waals surface area contributed by atoms with Crippen LogP contribution in [0.2, 0.25) is 0 Å². The second-order valence-corrected chi connectivity index (χ2v) is 10.2. The molecule has 1 aliphatic heterocycles. The van der Waals surface area contributed by atoms with E-state index in [1.54, 1.807) is 30.5 Å². The summed E-state index contributed by atoms with van der Waals surface area (Å²) < 4.78 is 18.8. The Morgan fingerprint density at radius 2 is 1.79 bits per heavy atom. The smallest absolute Gasteiger partial charge is 0.255 e. The maximum Gasteiger partial charge on any atom is 0.255 e. The van der Waals surface area contributed by atoms with Crippen LogP contribution in [0.1, 0.15) is 21.5 Å². The fraction of sp³-hybridized carbons (Fsp3) is 0.233. The first kappa shape index (κ1) is 26.8. The van der Waals surface area contributed by atoms with Crippen LogP contribution in [-0.2, 0) is 11.3 Å². The van der Waals surface area contributed by atoms with Gasteiger partial charge in [0.25, 0.3) is 5.91 Å². The molecular formula is C30H30FN5O2S. The maximum absolute atomic E-state index is 13.4. The zero-order valence-electron chi connectivity index (χ0n) is 21.9. The first-order valence-corrected chi connectivity index (χ1v) is 14.0. The van der Waals surface area contributed by atoms with Crippen molar-refractivity contribution in [3.05, 3.63) is 95.4 Å². The van der Waals surface area contributed by atoms with E-state index in [1.165, 1.54) is 23.9 Å². The zero-order chi connectivity index (χ0) is 27.2. The van der Waals surface area contributed by atoms with Crippen LogP contribution in [0.4, 0.5) is 21.7 Å². The van der Waals surface area contributed by atoms with Crippen LogP contribution >= 0.6 is 11.8 Å². The average molecular weight is 544 g/mol. The van der Waals surface area contributed by atoms with Gasteiger partial charge < -0.3 is 15.4 Å². The van der Waals surface area contributed by atoms with E-state index in [0.29, 0.717) is 11.5 Å². The van der Waals surface area contributed by atoms with Crippen molar-refractivity contribution in [1.29, 1.82) is 0 Å². The first-order valence-electron chi connectivity index (χ1n) is 12.7. The number of morpholine rings is 1. The molecule has 0 saturated carbocycles. The maximum atomic E-state index is 13.4. The predicted octanol–water partition coefficient (Wildman–Crippen LogP) is 6.14. The highest BCUT2D eigenvalue weighted by molar-refractivity contribution is 7.98. The molecular weight excluding hydrogens is 513 g/mol. The van der Waals surface area contributed by atoms with E-state index >= 15 is 0 Å².